The van der Waals surface area contributed by atoms with Gasteiger partial charge in [-0.15, -0.1) is 0 Å². The normalized spacial score (nSPS) is 11.0. The summed E-state index contributed by atoms with van der Waals surface area (Å²) in [5.74, 6) is 0.580. The van der Waals surface area contributed by atoms with Gasteiger partial charge in [0.15, 0.2) is 11.6 Å². The first-order valence-corrected chi connectivity index (χ1v) is 7.78. The molecule has 8 nitrogen and oxygen atoms in total. The standard InChI is InChI=1S/C18H15N5O3/c1-26-11-5-2-9(3-6-11)14-16(24)15(23-22-14)18-20-12-7-4-10(17(19)25)8-13(12)21-18/h2-8,24H,1H3,(H2,19,25)(H,20,21)(H,22,23). The average molecular weight is 349 g/mol. The van der Waals surface area contributed by atoms with Crippen LogP contribution in [0.2, 0.25) is 0 Å². The summed E-state index contributed by atoms with van der Waals surface area (Å²) in [5.41, 5.74) is 8.44. The van der Waals surface area contributed by atoms with Crippen molar-refractivity contribution in [3.8, 4) is 34.3 Å². The van der Waals surface area contributed by atoms with E-state index >= 15 is 0 Å². The zero-order valence-corrected chi connectivity index (χ0v) is 13.8. The van der Waals surface area contributed by atoms with E-state index in [9.17, 15) is 9.90 Å². The maximum absolute atomic E-state index is 11.3. The number of H-pyrrole nitrogens is 2. The van der Waals surface area contributed by atoms with Crippen molar-refractivity contribution >= 4 is 16.9 Å². The number of primary amides is 1. The number of fused-ring (bicyclic) bond motifs is 1. The van der Waals surface area contributed by atoms with Gasteiger partial charge in [0.2, 0.25) is 5.91 Å². The van der Waals surface area contributed by atoms with Crippen molar-refractivity contribution in [2.24, 2.45) is 5.73 Å². The second kappa shape index (κ2) is 5.92. The Morgan fingerprint density at radius 2 is 1.96 bits per heavy atom. The number of aromatic nitrogens is 4. The number of carbonyl (C=O) groups excluding carboxylic acids is 1. The Bertz CT molecular complexity index is 1110. The number of amides is 1. The predicted octanol–water partition coefficient (Wildman–Crippen LogP) is 2.43. The highest BCUT2D eigenvalue weighted by atomic mass is 16.5. The Labute approximate surface area is 147 Å². The van der Waals surface area contributed by atoms with Gasteiger partial charge in [0, 0.05) is 11.1 Å². The number of carbonyl (C=O) groups is 1. The zero-order chi connectivity index (χ0) is 18.3. The van der Waals surface area contributed by atoms with E-state index in [4.69, 9.17) is 10.5 Å². The summed E-state index contributed by atoms with van der Waals surface area (Å²) >= 11 is 0. The molecule has 0 aliphatic heterocycles. The van der Waals surface area contributed by atoms with Crippen molar-refractivity contribution in [3.05, 3.63) is 48.0 Å². The van der Waals surface area contributed by atoms with Gasteiger partial charge in [0.25, 0.3) is 0 Å². The molecule has 0 aliphatic carbocycles. The number of rotatable bonds is 4. The molecule has 0 bridgehead atoms. The molecule has 130 valence electrons. The highest BCUT2D eigenvalue weighted by Gasteiger charge is 2.18. The molecule has 26 heavy (non-hydrogen) atoms. The molecule has 2 heterocycles. The molecule has 0 unspecified atom stereocenters. The van der Waals surface area contributed by atoms with Crippen LogP contribution in [0, 0.1) is 0 Å². The first kappa shape index (κ1) is 15.7. The zero-order valence-electron chi connectivity index (χ0n) is 13.8. The van der Waals surface area contributed by atoms with Gasteiger partial charge in [-0.05, 0) is 42.5 Å². The molecule has 0 saturated carbocycles. The second-order valence-electron chi connectivity index (χ2n) is 5.71. The van der Waals surface area contributed by atoms with Crippen LogP contribution >= 0.6 is 0 Å². The number of imidazole rings is 1. The van der Waals surface area contributed by atoms with Crippen LogP contribution in [0.4, 0.5) is 0 Å². The van der Waals surface area contributed by atoms with Crippen molar-refractivity contribution in [1.82, 2.24) is 20.2 Å². The topological polar surface area (TPSA) is 130 Å². The van der Waals surface area contributed by atoms with Gasteiger partial charge < -0.3 is 20.6 Å². The van der Waals surface area contributed by atoms with E-state index in [1.807, 2.05) is 0 Å². The van der Waals surface area contributed by atoms with E-state index < -0.39 is 5.91 Å². The second-order valence-corrected chi connectivity index (χ2v) is 5.71. The summed E-state index contributed by atoms with van der Waals surface area (Å²) in [6.07, 6.45) is 0. The van der Waals surface area contributed by atoms with Gasteiger partial charge in [-0.25, -0.2) is 4.98 Å². The predicted molar refractivity (Wildman–Crippen MR) is 95.8 cm³/mol. The first-order valence-electron chi connectivity index (χ1n) is 7.78. The molecule has 0 fully saturated rings. The molecule has 5 N–H and O–H groups in total. The lowest BCUT2D eigenvalue weighted by Gasteiger charge is -2.01. The van der Waals surface area contributed by atoms with E-state index in [0.717, 1.165) is 5.56 Å². The van der Waals surface area contributed by atoms with Crippen LogP contribution in [0.5, 0.6) is 11.5 Å². The van der Waals surface area contributed by atoms with Crippen molar-refractivity contribution in [3.63, 3.8) is 0 Å². The maximum atomic E-state index is 11.3. The minimum absolute atomic E-state index is 0.0238. The van der Waals surface area contributed by atoms with Crippen LogP contribution in [0.25, 0.3) is 33.8 Å². The van der Waals surface area contributed by atoms with Crippen LogP contribution in [-0.2, 0) is 0 Å². The Balaban J connectivity index is 1.75. The molecular formula is C18H15N5O3. The van der Waals surface area contributed by atoms with E-state index in [2.05, 4.69) is 20.2 Å². The molecule has 2 aromatic heterocycles. The lowest BCUT2D eigenvalue weighted by atomic mass is 10.1. The third-order valence-corrected chi connectivity index (χ3v) is 4.11. The minimum atomic E-state index is -0.519. The molecule has 0 spiro atoms. The summed E-state index contributed by atoms with van der Waals surface area (Å²) in [7, 11) is 1.59. The molecule has 1 amide bonds. The summed E-state index contributed by atoms with van der Waals surface area (Å²) in [6.45, 7) is 0. The van der Waals surface area contributed by atoms with Crippen LogP contribution in [0.1, 0.15) is 10.4 Å². The molecule has 0 aliphatic rings. The summed E-state index contributed by atoms with van der Waals surface area (Å²) in [4.78, 5) is 18.8. The Morgan fingerprint density at radius 1 is 1.19 bits per heavy atom. The molecule has 0 saturated heterocycles. The quantitative estimate of drug-likeness (QED) is 0.449. The number of aromatic hydroxyl groups is 1. The van der Waals surface area contributed by atoms with Crippen LogP contribution in [-0.4, -0.2) is 38.3 Å². The van der Waals surface area contributed by atoms with Crippen LogP contribution in [0.15, 0.2) is 42.5 Å². The number of hydrogen-bond acceptors (Lipinski definition) is 5. The van der Waals surface area contributed by atoms with E-state index in [1.54, 1.807) is 49.6 Å². The Kier molecular flexibility index (Phi) is 3.58. The number of hydrogen-bond donors (Lipinski definition) is 4. The molecule has 4 rings (SSSR count). The molecule has 0 radical (unpaired) electrons. The number of nitrogens with two attached hydrogens (primary N) is 1. The third kappa shape index (κ3) is 2.53. The number of nitrogens with zero attached hydrogens (tertiary/aromatic N) is 2. The summed E-state index contributed by atoms with van der Waals surface area (Å²) in [6, 6.07) is 12.1. The third-order valence-electron chi connectivity index (χ3n) is 4.11. The van der Waals surface area contributed by atoms with E-state index in [-0.39, 0.29) is 5.75 Å². The van der Waals surface area contributed by atoms with Crippen molar-refractivity contribution in [2.75, 3.05) is 7.11 Å². The van der Waals surface area contributed by atoms with Crippen molar-refractivity contribution < 1.29 is 14.6 Å². The summed E-state index contributed by atoms with van der Waals surface area (Å²) < 4.78 is 5.13. The Hall–Kier alpha value is -3.81. The van der Waals surface area contributed by atoms with Gasteiger partial charge in [0.1, 0.15) is 17.1 Å². The minimum Gasteiger partial charge on any atom is -0.504 e. The van der Waals surface area contributed by atoms with Gasteiger partial charge in [-0.1, -0.05) is 0 Å². The maximum Gasteiger partial charge on any atom is 0.248 e. The number of nitrogens with one attached hydrogen (secondary N) is 2. The number of aromatic amines is 2. The highest BCUT2D eigenvalue weighted by molar-refractivity contribution is 5.96. The fourth-order valence-corrected chi connectivity index (χ4v) is 2.73. The van der Waals surface area contributed by atoms with Crippen molar-refractivity contribution in [1.29, 1.82) is 0 Å². The van der Waals surface area contributed by atoms with Gasteiger partial charge in [-0.2, -0.15) is 5.10 Å². The SMILES string of the molecule is COc1ccc(-c2n[nH]c(-c3nc4ccc(C(N)=O)cc4[nH]3)c2O)cc1. The Morgan fingerprint density at radius 3 is 2.65 bits per heavy atom. The number of ether oxygens (including phenoxy) is 1. The first-order chi connectivity index (χ1) is 12.6. The fraction of sp³-hybridized carbons (Fsp3) is 0.0556. The van der Waals surface area contributed by atoms with E-state index in [0.29, 0.717) is 39.6 Å². The highest BCUT2D eigenvalue weighted by Crippen LogP contribution is 2.35. The largest absolute Gasteiger partial charge is 0.504 e. The lowest BCUT2D eigenvalue weighted by Crippen LogP contribution is -2.10. The van der Waals surface area contributed by atoms with Gasteiger partial charge >= 0.3 is 0 Å². The smallest absolute Gasteiger partial charge is 0.248 e. The fourth-order valence-electron chi connectivity index (χ4n) is 2.73. The molecule has 8 heteroatoms. The molecule has 4 aromatic rings. The molecule has 2 aromatic carbocycles. The average Bonchev–Trinajstić information content (AvgIpc) is 3.24. The van der Waals surface area contributed by atoms with Gasteiger partial charge in [0.05, 0.1) is 18.1 Å². The summed E-state index contributed by atoms with van der Waals surface area (Å²) in [5, 5.41) is 17.6. The van der Waals surface area contributed by atoms with Crippen LogP contribution in [0.3, 0.4) is 0 Å². The lowest BCUT2D eigenvalue weighted by molar-refractivity contribution is 0.100. The number of methoxy groups -OCH3 is 1. The van der Waals surface area contributed by atoms with Crippen molar-refractivity contribution in [2.45, 2.75) is 0 Å². The molecular weight excluding hydrogens is 334 g/mol. The van der Waals surface area contributed by atoms with E-state index in [1.165, 1.54) is 0 Å². The number of benzene rings is 2. The monoisotopic (exact) mass is 349 g/mol. The molecule has 0 atom stereocenters. The van der Waals surface area contributed by atoms with Gasteiger partial charge in [-0.3, -0.25) is 9.89 Å². The van der Waals surface area contributed by atoms with Crippen LogP contribution < -0.4 is 10.5 Å².